The highest BCUT2D eigenvalue weighted by molar-refractivity contribution is 9.10. The van der Waals surface area contributed by atoms with Crippen molar-refractivity contribution in [1.82, 2.24) is 4.72 Å². The Balaban J connectivity index is 3.10. The molecule has 0 aromatic heterocycles. The molecule has 6 nitrogen and oxygen atoms in total. The lowest BCUT2D eigenvalue weighted by atomic mass is 10.1. The lowest BCUT2D eigenvalue weighted by molar-refractivity contribution is -0.139. The van der Waals surface area contributed by atoms with Crippen molar-refractivity contribution >= 4 is 31.9 Å². The minimum atomic E-state index is -3.95. The number of sulfonamides is 1. The van der Waals surface area contributed by atoms with Crippen LogP contribution in [0.5, 0.6) is 5.75 Å². The maximum Gasteiger partial charge on any atom is 0.321 e. The number of hydrogen-bond donors (Lipinski definition) is 2. The Bertz CT molecular complexity index is 615. The summed E-state index contributed by atoms with van der Waals surface area (Å²) < 4.78 is 32.3. The van der Waals surface area contributed by atoms with E-state index in [4.69, 9.17) is 9.84 Å². The number of carboxylic acids is 1. The van der Waals surface area contributed by atoms with Crippen LogP contribution >= 0.6 is 15.9 Å². The van der Waals surface area contributed by atoms with Crippen molar-refractivity contribution in [3.63, 3.8) is 0 Å². The van der Waals surface area contributed by atoms with Gasteiger partial charge in [0.2, 0.25) is 10.0 Å². The van der Waals surface area contributed by atoms with Crippen LogP contribution in [-0.2, 0) is 14.8 Å². The molecule has 8 heteroatoms. The Hall–Kier alpha value is -1.12. The molecule has 0 saturated carbocycles. The highest BCUT2D eigenvalue weighted by Gasteiger charge is 2.26. The highest BCUT2D eigenvalue weighted by Crippen LogP contribution is 2.24. The summed E-state index contributed by atoms with van der Waals surface area (Å²) in [5.74, 6) is -0.791. The summed E-state index contributed by atoms with van der Waals surface area (Å²) in [6.45, 7) is 3.65. The molecule has 1 aromatic rings. The van der Waals surface area contributed by atoms with Crippen LogP contribution in [0.4, 0.5) is 0 Å². The van der Waals surface area contributed by atoms with Crippen molar-refractivity contribution in [3.8, 4) is 5.75 Å². The third kappa shape index (κ3) is 5.29. The monoisotopic (exact) mass is 379 g/mol. The van der Waals surface area contributed by atoms with E-state index < -0.39 is 22.0 Å². The minimum absolute atomic E-state index is 0.0471. The quantitative estimate of drug-likeness (QED) is 0.757. The molecule has 1 rings (SSSR count). The summed E-state index contributed by atoms with van der Waals surface area (Å²) in [5.41, 5.74) is 0. The number of methoxy groups -OCH3 is 1. The van der Waals surface area contributed by atoms with Crippen molar-refractivity contribution < 1.29 is 23.1 Å². The largest absolute Gasteiger partial charge is 0.497 e. The molecule has 0 fully saturated rings. The Labute approximate surface area is 132 Å². The Kier molecular flexibility index (Phi) is 6.18. The van der Waals surface area contributed by atoms with Crippen molar-refractivity contribution in [1.29, 1.82) is 0 Å². The smallest absolute Gasteiger partial charge is 0.321 e. The second kappa shape index (κ2) is 7.24. The average Bonchev–Trinajstić information content (AvgIpc) is 2.36. The van der Waals surface area contributed by atoms with Gasteiger partial charge in [0.25, 0.3) is 0 Å². The van der Waals surface area contributed by atoms with E-state index >= 15 is 0 Å². The maximum atomic E-state index is 12.3. The number of aliphatic carboxylic acids is 1. The molecular formula is C13H18BrNO5S. The molecule has 118 valence electrons. The number of halogens is 1. The first-order chi connectivity index (χ1) is 9.65. The van der Waals surface area contributed by atoms with Crippen molar-refractivity contribution in [3.05, 3.63) is 22.7 Å². The van der Waals surface area contributed by atoms with Crippen LogP contribution in [0, 0.1) is 5.92 Å². The van der Waals surface area contributed by atoms with E-state index in [1.54, 1.807) is 6.07 Å². The summed E-state index contributed by atoms with van der Waals surface area (Å²) in [6.07, 6.45) is 0.208. The van der Waals surface area contributed by atoms with Crippen LogP contribution in [0.25, 0.3) is 0 Å². The van der Waals surface area contributed by atoms with Gasteiger partial charge in [0, 0.05) is 10.5 Å². The van der Waals surface area contributed by atoms with Crippen LogP contribution in [0.15, 0.2) is 27.6 Å². The van der Waals surface area contributed by atoms with Gasteiger partial charge in [-0.15, -0.1) is 0 Å². The molecular weight excluding hydrogens is 362 g/mol. The standard InChI is InChI=1S/C13H18BrNO5S/c1-8(2)4-12(13(16)17)15-21(18,19)11-6-9(14)5-10(7-11)20-3/h5-8,12,15H,4H2,1-3H3,(H,16,17)/t12-/m1/s1. The van der Waals surface area contributed by atoms with Crippen molar-refractivity contribution in [2.45, 2.75) is 31.2 Å². The van der Waals surface area contributed by atoms with Gasteiger partial charge in [0.1, 0.15) is 11.8 Å². The summed E-state index contributed by atoms with van der Waals surface area (Å²) in [5, 5.41) is 9.13. The minimum Gasteiger partial charge on any atom is -0.497 e. The van der Waals surface area contributed by atoms with Gasteiger partial charge in [0.05, 0.1) is 12.0 Å². The van der Waals surface area contributed by atoms with Gasteiger partial charge in [-0.25, -0.2) is 8.42 Å². The fraction of sp³-hybridized carbons (Fsp3) is 0.462. The summed E-state index contributed by atoms with van der Waals surface area (Å²) >= 11 is 3.19. The predicted molar refractivity (Wildman–Crippen MR) is 81.9 cm³/mol. The van der Waals surface area contributed by atoms with Gasteiger partial charge in [-0.3, -0.25) is 4.79 Å². The molecule has 0 saturated heterocycles. The molecule has 1 atom stereocenters. The Morgan fingerprint density at radius 3 is 2.48 bits per heavy atom. The van der Waals surface area contributed by atoms with Crippen LogP contribution in [0.1, 0.15) is 20.3 Å². The number of carboxylic acid groups (broad SMARTS) is 1. The van der Waals surface area contributed by atoms with Gasteiger partial charge >= 0.3 is 5.97 Å². The molecule has 0 amide bonds. The van der Waals surface area contributed by atoms with E-state index in [0.29, 0.717) is 10.2 Å². The lowest BCUT2D eigenvalue weighted by Gasteiger charge is -2.17. The molecule has 1 aromatic carbocycles. The number of benzene rings is 1. The van der Waals surface area contributed by atoms with Gasteiger partial charge in [-0.1, -0.05) is 29.8 Å². The van der Waals surface area contributed by atoms with E-state index in [2.05, 4.69) is 20.7 Å². The Morgan fingerprint density at radius 1 is 1.38 bits per heavy atom. The summed E-state index contributed by atoms with van der Waals surface area (Å²) in [7, 11) is -2.53. The first kappa shape index (κ1) is 17.9. The highest BCUT2D eigenvalue weighted by atomic mass is 79.9. The number of rotatable bonds is 7. The number of carbonyl (C=O) groups is 1. The number of hydrogen-bond acceptors (Lipinski definition) is 4. The van der Waals surface area contributed by atoms with Crippen LogP contribution in [0.2, 0.25) is 0 Å². The molecule has 0 unspecified atom stereocenters. The van der Waals surface area contributed by atoms with Crippen molar-refractivity contribution in [2.24, 2.45) is 5.92 Å². The van der Waals surface area contributed by atoms with E-state index in [0.717, 1.165) is 0 Å². The number of ether oxygens (including phenoxy) is 1. The second-order valence-corrected chi connectivity index (χ2v) is 7.60. The Morgan fingerprint density at radius 2 is 2.00 bits per heavy atom. The first-order valence-corrected chi connectivity index (χ1v) is 8.53. The molecule has 0 spiro atoms. The van der Waals surface area contributed by atoms with Crippen LogP contribution in [0.3, 0.4) is 0 Å². The molecule has 0 aliphatic carbocycles. The van der Waals surface area contributed by atoms with Crippen LogP contribution < -0.4 is 9.46 Å². The number of nitrogens with one attached hydrogen (secondary N) is 1. The molecule has 2 N–H and O–H groups in total. The first-order valence-electron chi connectivity index (χ1n) is 6.25. The van der Waals surface area contributed by atoms with Gasteiger partial charge in [-0.05, 0) is 24.5 Å². The predicted octanol–water partition coefficient (Wildman–Crippen LogP) is 2.24. The van der Waals surface area contributed by atoms with Gasteiger partial charge in [0.15, 0.2) is 0 Å². The van der Waals surface area contributed by atoms with Gasteiger partial charge < -0.3 is 9.84 Å². The SMILES string of the molecule is COc1cc(Br)cc(S(=O)(=O)N[C@H](CC(C)C)C(=O)O)c1. The third-order valence-electron chi connectivity index (χ3n) is 2.69. The molecule has 0 aliphatic rings. The topological polar surface area (TPSA) is 92.7 Å². The molecule has 0 radical (unpaired) electrons. The van der Waals surface area contributed by atoms with Crippen molar-refractivity contribution in [2.75, 3.05) is 7.11 Å². The zero-order valence-corrected chi connectivity index (χ0v) is 14.4. The second-order valence-electron chi connectivity index (χ2n) is 4.97. The normalized spacial score (nSPS) is 13.2. The average molecular weight is 380 g/mol. The van der Waals surface area contributed by atoms with Gasteiger partial charge in [-0.2, -0.15) is 4.72 Å². The van der Waals surface area contributed by atoms with Crippen LogP contribution in [-0.4, -0.2) is 32.6 Å². The maximum absolute atomic E-state index is 12.3. The van der Waals surface area contributed by atoms with E-state index in [-0.39, 0.29) is 17.2 Å². The van der Waals surface area contributed by atoms with E-state index in [1.807, 2.05) is 13.8 Å². The van der Waals surface area contributed by atoms with E-state index in [9.17, 15) is 13.2 Å². The zero-order valence-electron chi connectivity index (χ0n) is 12.0. The lowest BCUT2D eigenvalue weighted by Crippen LogP contribution is -2.41. The summed E-state index contributed by atoms with van der Waals surface area (Å²) in [6, 6.07) is 3.17. The fourth-order valence-corrected chi connectivity index (χ4v) is 3.62. The molecule has 0 bridgehead atoms. The fourth-order valence-electron chi connectivity index (χ4n) is 1.74. The third-order valence-corrected chi connectivity index (χ3v) is 4.60. The molecule has 0 heterocycles. The molecule has 0 aliphatic heterocycles. The van der Waals surface area contributed by atoms with E-state index in [1.165, 1.54) is 19.2 Å². The molecule has 21 heavy (non-hydrogen) atoms. The summed E-state index contributed by atoms with van der Waals surface area (Å²) in [4.78, 5) is 11.1. The zero-order chi connectivity index (χ0) is 16.2.